The molecule has 1 rings (SSSR count). The molecule has 0 spiro atoms. The second-order valence-corrected chi connectivity index (χ2v) is 3.12. The molecule has 1 fully saturated rings. The Hall–Kier alpha value is -0.0600. The molecule has 1 aliphatic rings. The van der Waals surface area contributed by atoms with Gasteiger partial charge < -0.3 is 5.11 Å². The highest BCUT2D eigenvalue weighted by Crippen LogP contribution is 2.16. The van der Waals surface area contributed by atoms with Gasteiger partial charge >= 0.3 is 0 Å². The molecule has 0 aromatic heterocycles. The third-order valence-electron chi connectivity index (χ3n) is 1.81. The van der Waals surface area contributed by atoms with E-state index in [2.05, 4.69) is 12.6 Å². The van der Waals surface area contributed by atoms with E-state index in [1.165, 1.54) is 0 Å². The Bertz CT molecular complexity index is 151. The Kier molecular flexibility index (Phi) is 2.33. The van der Waals surface area contributed by atoms with E-state index in [0.717, 1.165) is 0 Å². The van der Waals surface area contributed by atoms with Crippen LogP contribution in [0.2, 0.25) is 0 Å². The first-order valence-electron chi connectivity index (χ1n) is 3.22. The van der Waals surface area contributed by atoms with E-state index in [9.17, 15) is 4.79 Å². The van der Waals surface area contributed by atoms with Gasteiger partial charge in [0.2, 0.25) is 5.12 Å². The highest BCUT2D eigenvalue weighted by atomic mass is 32.1. The molecule has 10 heavy (non-hydrogen) atoms. The van der Waals surface area contributed by atoms with E-state index in [1.807, 2.05) is 11.9 Å². The van der Waals surface area contributed by atoms with Gasteiger partial charge in [-0.25, -0.2) is 0 Å². The predicted molar refractivity (Wildman–Crippen MR) is 41.0 cm³/mol. The quantitative estimate of drug-likeness (QED) is 0.510. The number of carbonyl (C=O) groups is 1. The van der Waals surface area contributed by atoms with Gasteiger partial charge in [-0.3, -0.25) is 9.69 Å². The van der Waals surface area contributed by atoms with Crippen molar-refractivity contribution < 1.29 is 9.90 Å². The van der Waals surface area contributed by atoms with E-state index in [4.69, 9.17) is 5.11 Å². The van der Waals surface area contributed by atoms with Crippen molar-refractivity contribution in [1.29, 1.82) is 0 Å². The maximum atomic E-state index is 10.7. The van der Waals surface area contributed by atoms with Crippen molar-refractivity contribution in [2.45, 2.75) is 18.6 Å². The lowest BCUT2D eigenvalue weighted by atomic mass is 10.2. The van der Waals surface area contributed by atoms with Crippen LogP contribution < -0.4 is 0 Å². The predicted octanol–water partition coefficient (Wildman–Crippen LogP) is -0.492. The summed E-state index contributed by atoms with van der Waals surface area (Å²) in [4.78, 5) is 12.5. The minimum Gasteiger partial charge on any atom is -0.392 e. The molecule has 3 nitrogen and oxygen atoms in total. The van der Waals surface area contributed by atoms with Gasteiger partial charge in [-0.15, -0.1) is 12.6 Å². The van der Waals surface area contributed by atoms with Crippen molar-refractivity contribution in [2.75, 3.05) is 13.6 Å². The van der Waals surface area contributed by atoms with Crippen LogP contribution in [0.4, 0.5) is 0 Å². The van der Waals surface area contributed by atoms with Crippen LogP contribution >= 0.6 is 12.6 Å². The minimum atomic E-state index is -0.355. The first-order valence-corrected chi connectivity index (χ1v) is 3.67. The Morgan fingerprint density at radius 1 is 1.80 bits per heavy atom. The lowest BCUT2D eigenvalue weighted by molar-refractivity contribution is -0.114. The van der Waals surface area contributed by atoms with E-state index in [1.54, 1.807) is 0 Å². The number of nitrogens with zero attached hydrogens (tertiary/aromatic N) is 1. The summed E-state index contributed by atoms with van der Waals surface area (Å²) >= 11 is 3.70. The third-order valence-corrected chi connectivity index (χ3v) is 2.11. The van der Waals surface area contributed by atoms with Gasteiger partial charge in [-0.1, -0.05) is 0 Å². The van der Waals surface area contributed by atoms with Gasteiger partial charge in [-0.2, -0.15) is 0 Å². The number of carbonyl (C=O) groups excluding carboxylic acids is 1. The van der Waals surface area contributed by atoms with Crippen LogP contribution in [0, 0.1) is 0 Å². The van der Waals surface area contributed by atoms with Crippen LogP contribution in [0.25, 0.3) is 0 Å². The average molecular weight is 161 g/mol. The summed E-state index contributed by atoms with van der Waals surface area (Å²) in [7, 11) is 1.81. The SMILES string of the molecule is CN1CC(O)CC1C(=O)S. The Labute approximate surface area is 65.4 Å². The third kappa shape index (κ3) is 1.51. The fraction of sp³-hybridized carbons (Fsp3) is 0.833. The highest BCUT2D eigenvalue weighted by molar-refractivity contribution is 7.96. The molecule has 2 atom stereocenters. The van der Waals surface area contributed by atoms with E-state index < -0.39 is 0 Å². The molecule has 1 heterocycles. The number of hydrogen-bond acceptors (Lipinski definition) is 3. The summed E-state index contributed by atoms with van der Waals surface area (Å²) in [5.41, 5.74) is 0. The molecule has 1 aliphatic heterocycles. The molecule has 2 unspecified atom stereocenters. The van der Waals surface area contributed by atoms with Gasteiger partial charge in [0.15, 0.2) is 0 Å². The number of likely N-dealkylation sites (tertiary alicyclic amines) is 1. The maximum Gasteiger partial charge on any atom is 0.203 e. The van der Waals surface area contributed by atoms with Crippen LogP contribution in [-0.2, 0) is 4.79 Å². The highest BCUT2D eigenvalue weighted by Gasteiger charge is 2.31. The normalized spacial score (nSPS) is 34.7. The van der Waals surface area contributed by atoms with Gasteiger partial charge in [0.25, 0.3) is 0 Å². The zero-order chi connectivity index (χ0) is 7.72. The summed E-state index contributed by atoms with van der Waals surface area (Å²) in [6.07, 6.45) is 0.171. The molecule has 0 aromatic rings. The summed E-state index contributed by atoms with van der Waals surface area (Å²) in [6.45, 7) is 0.580. The van der Waals surface area contributed by atoms with E-state index in [-0.39, 0.29) is 17.3 Å². The van der Waals surface area contributed by atoms with Crippen molar-refractivity contribution in [3.05, 3.63) is 0 Å². The molecule has 0 radical (unpaired) electrons. The van der Waals surface area contributed by atoms with Gasteiger partial charge in [-0.05, 0) is 13.5 Å². The molecular weight excluding hydrogens is 150 g/mol. The second kappa shape index (κ2) is 2.90. The first-order chi connectivity index (χ1) is 4.61. The van der Waals surface area contributed by atoms with Crippen molar-refractivity contribution >= 4 is 17.7 Å². The van der Waals surface area contributed by atoms with Gasteiger partial charge in [0.1, 0.15) is 0 Å². The fourth-order valence-corrected chi connectivity index (χ4v) is 1.56. The molecular formula is C6H11NO2S. The summed E-state index contributed by atoms with van der Waals surface area (Å²) in [6, 6.07) is -0.182. The van der Waals surface area contributed by atoms with E-state index >= 15 is 0 Å². The summed E-state index contributed by atoms with van der Waals surface area (Å²) < 4.78 is 0. The zero-order valence-corrected chi connectivity index (χ0v) is 6.71. The topological polar surface area (TPSA) is 40.5 Å². The molecule has 0 amide bonds. The zero-order valence-electron chi connectivity index (χ0n) is 5.82. The standard InChI is InChI=1S/C6H11NO2S/c1-7-3-4(8)2-5(7)6(9)10/h4-5,8H,2-3H2,1H3,(H,9,10). The van der Waals surface area contributed by atoms with E-state index in [0.29, 0.717) is 13.0 Å². The summed E-state index contributed by atoms with van der Waals surface area (Å²) in [5, 5.41) is 8.94. The number of thiol groups is 1. The number of β-amino-alcohol motifs (C(OH)–C–C–N with tert-alkyl or cyclic N) is 1. The maximum absolute atomic E-state index is 10.7. The number of rotatable bonds is 1. The Balaban J connectivity index is 2.54. The van der Waals surface area contributed by atoms with Crippen LogP contribution in [0.1, 0.15) is 6.42 Å². The van der Waals surface area contributed by atoms with Crippen LogP contribution in [0.5, 0.6) is 0 Å². The average Bonchev–Trinajstić information content (AvgIpc) is 2.10. The molecule has 0 bridgehead atoms. The van der Waals surface area contributed by atoms with Crippen LogP contribution in [-0.4, -0.2) is 40.9 Å². The number of hydrogen-bond donors (Lipinski definition) is 2. The second-order valence-electron chi connectivity index (χ2n) is 2.68. The van der Waals surface area contributed by atoms with Crippen molar-refractivity contribution in [1.82, 2.24) is 4.90 Å². The molecule has 1 saturated heterocycles. The van der Waals surface area contributed by atoms with Crippen LogP contribution in [0.3, 0.4) is 0 Å². The largest absolute Gasteiger partial charge is 0.392 e. The van der Waals surface area contributed by atoms with Gasteiger partial charge in [0.05, 0.1) is 12.1 Å². The number of aliphatic hydroxyl groups is 1. The number of aliphatic hydroxyl groups excluding tert-OH is 1. The minimum absolute atomic E-state index is 0.154. The molecule has 0 saturated carbocycles. The summed E-state index contributed by atoms with van der Waals surface area (Å²) in [5.74, 6) is 0. The molecule has 58 valence electrons. The molecule has 4 heteroatoms. The van der Waals surface area contributed by atoms with Crippen molar-refractivity contribution in [3.63, 3.8) is 0 Å². The molecule has 0 aromatic carbocycles. The van der Waals surface area contributed by atoms with Gasteiger partial charge in [0, 0.05) is 6.54 Å². The first kappa shape index (κ1) is 8.04. The van der Waals surface area contributed by atoms with Crippen LogP contribution in [0.15, 0.2) is 0 Å². The number of likely N-dealkylation sites (N-methyl/N-ethyl adjacent to an activating group) is 1. The smallest absolute Gasteiger partial charge is 0.203 e. The lowest BCUT2D eigenvalue weighted by Gasteiger charge is -2.13. The van der Waals surface area contributed by atoms with Crippen molar-refractivity contribution in [3.8, 4) is 0 Å². The molecule has 1 N–H and O–H groups in total. The Morgan fingerprint density at radius 2 is 2.40 bits per heavy atom. The Morgan fingerprint density at radius 3 is 2.60 bits per heavy atom. The fourth-order valence-electron chi connectivity index (χ4n) is 1.26. The lowest BCUT2D eigenvalue weighted by Crippen LogP contribution is -2.29. The molecule has 0 aliphatic carbocycles. The monoisotopic (exact) mass is 161 g/mol. The van der Waals surface area contributed by atoms with Crippen molar-refractivity contribution in [2.24, 2.45) is 0 Å².